The van der Waals surface area contributed by atoms with Gasteiger partial charge in [-0.25, -0.2) is 0 Å². The van der Waals surface area contributed by atoms with Gasteiger partial charge in [0.2, 0.25) is 0 Å². The molecule has 1 aliphatic carbocycles. The highest BCUT2D eigenvalue weighted by Gasteiger charge is 2.34. The van der Waals surface area contributed by atoms with Crippen LogP contribution < -0.4 is 0 Å². The molecular weight excluding hydrogens is 320 g/mol. The summed E-state index contributed by atoms with van der Waals surface area (Å²) in [5.41, 5.74) is 0. The molecule has 5 nitrogen and oxygen atoms in total. The standard InChI is InChI=1S/C20H34O5/c1-3-5-11-19(22)25-14-16-12-13-18(21)17(16)10-8-6-7-9-15(4-2)20(23)24/h15-17H,3-14H2,1-2H3,(H,23,24)/t15?,16-,17-/m0/s1. The molecule has 0 radical (unpaired) electrons. The fourth-order valence-electron chi connectivity index (χ4n) is 3.60. The Kier molecular flexibility index (Phi) is 10.4. The van der Waals surface area contributed by atoms with Gasteiger partial charge < -0.3 is 9.84 Å². The van der Waals surface area contributed by atoms with Gasteiger partial charge in [-0.3, -0.25) is 14.4 Å². The second-order valence-corrected chi connectivity index (χ2v) is 7.24. The molecular formula is C20H34O5. The fraction of sp³-hybridized carbons (Fsp3) is 0.850. The number of unbranched alkanes of at least 4 members (excludes halogenated alkanes) is 3. The van der Waals surface area contributed by atoms with Crippen LogP contribution in [-0.4, -0.2) is 29.4 Å². The molecule has 0 spiro atoms. The molecule has 0 heterocycles. The third-order valence-corrected chi connectivity index (χ3v) is 5.35. The summed E-state index contributed by atoms with van der Waals surface area (Å²) in [6.07, 6.45) is 8.70. The van der Waals surface area contributed by atoms with Crippen LogP contribution in [-0.2, 0) is 19.1 Å². The van der Waals surface area contributed by atoms with Gasteiger partial charge in [0.25, 0.3) is 0 Å². The van der Waals surface area contributed by atoms with E-state index >= 15 is 0 Å². The summed E-state index contributed by atoms with van der Waals surface area (Å²) >= 11 is 0. The maximum Gasteiger partial charge on any atom is 0.306 e. The van der Waals surface area contributed by atoms with E-state index in [1.165, 1.54) is 0 Å². The Morgan fingerprint density at radius 1 is 1.20 bits per heavy atom. The van der Waals surface area contributed by atoms with Gasteiger partial charge >= 0.3 is 11.9 Å². The lowest BCUT2D eigenvalue weighted by atomic mass is 9.90. The summed E-state index contributed by atoms with van der Waals surface area (Å²) in [6.45, 7) is 4.32. The number of aliphatic carboxylic acids is 1. The Morgan fingerprint density at radius 3 is 2.60 bits per heavy atom. The first kappa shape index (κ1) is 21.7. The smallest absolute Gasteiger partial charge is 0.306 e. The number of rotatable bonds is 13. The Hall–Kier alpha value is -1.39. The minimum absolute atomic E-state index is 0.0143. The monoisotopic (exact) mass is 354 g/mol. The van der Waals surface area contributed by atoms with E-state index in [-0.39, 0.29) is 23.7 Å². The number of ketones is 1. The number of carboxylic acid groups (broad SMARTS) is 1. The van der Waals surface area contributed by atoms with Crippen molar-refractivity contribution in [3.05, 3.63) is 0 Å². The van der Waals surface area contributed by atoms with E-state index in [9.17, 15) is 14.4 Å². The van der Waals surface area contributed by atoms with Gasteiger partial charge in [0.05, 0.1) is 12.5 Å². The van der Waals surface area contributed by atoms with Gasteiger partial charge in [-0.1, -0.05) is 39.5 Å². The molecule has 0 amide bonds. The maximum atomic E-state index is 12.1. The van der Waals surface area contributed by atoms with Crippen LogP contribution in [0.1, 0.15) is 84.5 Å². The number of carbonyl (C=O) groups is 3. The summed E-state index contributed by atoms with van der Waals surface area (Å²) < 4.78 is 5.35. The van der Waals surface area contributed by atoms with Crippen molar-refractivity contribution in [3.8, 4) is 0 Å². The molecule has 1 saturated carbocycles. The zero-order valence-corrected chi connectivity index (χ0v) is 15.8. The van der Waals surface area contributed by atoms with Crippen LogP contribution >= 0.6 is 0 Å². The van der Waals surface area contributed by atoms with E-state index in [1.807, 2.05) is 13.8 Å². The Bertz CT molecular complexity index is 432. The highest BCUT2D eigenvalue weighted by Crippen LogP contribution is 2.33. The first-order valence-electron chi connectivity index (χ1n) is 9.90. The molecule has 0 aromatic carbocycles. The molecule has 0 aliphatic heterocycles. The summed E-state index contributed by atoms with van der Waals surface area (Å²) in [4.78, 5) is 34.7. The van der Waals surface area contributed by atoms with Crippen LogP contribution in [0.5, 0.6) is 0 Å². The number of hydrogen-bond acceptors (Lipinski definition) is 4. The van der Waals surface area contributed by atoms with Crippen LogP contribution in [0.25, 0.3) is 0 Å². The van der Waals surface area contributed by atoms with Crippen molar-refractivity contribution in [2.45, 2.75) is 84.5 Å². The maximum absolute atomic E-state index is 12.1. The van der Waals surface area contributed by atoms with Crippen molar-refractivity contribution in [2.75, 3.05) is 6.61 Å². The molecule has 144 valence electrons. The highest BCUT2D eigenvalue weighted by molar-refractivity contribution is 5.83. The minimum atomic E-state index is -0.710. The first-order valence-corrected chi connectivity index (χ1v) is 9.90. The van der Waals surface area contributed by atoms with E-state index in [2.05, 4.69) is 0 Å². The predicted octanol–water partition coefficient (Wildman–Crippen LogP) is 4.38. The third-order valence-electron chi connectivity index (χ3n) is 5.35. The van der Waals surface area contributed by atoms with E-state index < -0.39 is 5.97 Å². The minimum Gasteiger partial charge on any atom is -0.481 e. The Labute approximate surface area is 151 Å². The summed E-state index contributed by atoms with van der Waals surface area (Å²) in [7, 11) is 0. The second-order valence-electron chi connectivity index (χ2n) is 7.24. The van der Waals surface area contributed by atoms with Crippen molar-refractivity contribution >= 4 is 17.7 Å². The fourth-order valence-corrected chi connectivity index (χ4v) is 3.60. The summed E-state index contributed by atoms with van der Waals surface area (Å²) in [5.74, 6) is -0.631. The lowest BCUT2D eigenvalue weighted by Gasteiger charge is -2.18. The van der Waals surface area contributed by atoms with E-state index in [1.54, 1.807) is 0 Å². The molecule has 5 heteroatoms. The van der Waals surface area contributed by atoms with E-state index in [4.69, 9.17) is 9.84 Å². The van der Waals surface area contributed by atoms with Crippen LogP contribution in [0.3, 0.4) is 0 Å². The Balaban J connectivity index is 2.26. The number of ether oxygens (including phenoxy) is 1. The van der Waals surface area contributed by atoms with Crippen molar-refractivity contribution in [1.82, 2.24) is 0 Å². The van der Waals surface area contributed by atoms with Crippen molar-refractivity contribution in [1.29, 1.82) is 0 Å². The van der Waals surface area contributed by atoms with E-state index in [0.717, 1.165) is 44.9 Å². The van der Waals surface area contributed by atoms with Gasteiger partial charge in [-0.05, 0) is 32.1 Å². The topological polar surface area (TPSA) is 80.7 Å². The Morgan fingerprint density at radius 2 is 1.96 bits per heavy atom. The molecule has 1 unspecified atom stereocenters. The van der Waals surface area contributed by atoms with E-state index in [0.29, 0.717) is 38.1 Å². The van der Waals surface area contributed by atoms with Gasteiger partial charge in [-0.2, -0.15) is 0 Å². The number of carbonyl (C=O) groups excluding carboxylic acids is 2. The van der Waals surface area contributed by atoms with Gasteiger partial charge in [-0.15, -0.1) is 0 Å². The SMILES string of the molecule is CCCCC(=O)OC[C@@H]1CCC(=O)[C@H]1CCCCCC(CC)C(=O)O. The summed E-state index contributed by atoms with van der Waals surface area (Å²) in [6, 6.07) is 0. The lowest BCUT2D eigenvalue weighted by Crippen LogP contribution is -2.21. The van der Waals surface area contributed by atoms with Crippen LogP contribution in [0.4, 0.5) is 0 Å². The second kappa shape index (κ2) is 12.0. The van der Waals surface area contributed by atoms with Gasteiger partial charge in [0, 0.05) is 24.7 Å². The number of carboxylic acids is 1. The first-order chi connectivity index (χ1) is 12.0. The molecule has 0 saturated heterocycles. The molecule has 0 aromatic heterocycles. The largest absolute Gasteiger partial charge is 0.481 e. The summed E-state index contributed by atoms with van der Waals surface area (Å²) in [5, 5.41) is 9.04. The van der Waals surface area contributed by atoms with Gasteiger partial charge in [0.15, 0.2) is 0 Å². The number of Topliss-reactive ketones (excluding diaryl/α,β-unsaturated/α-hetero) is 1. The third kappa shape index (κ3) is 8.02. The van der Waals surface area contributed by atoms with Crippen molar-refractivity contribution in [3.63, 3.8) is 0 Å². The zero-order valence-electron chi connectivity index (χ0n) is 15.8. The average molecular weight is 354 g/mol. The highest BCUT2D eigenvalue weighted by atomic mass is 16.5. The zero-order chi connectivity index (χ0) is 18.7. The predicted molar refractivity (Wildman–Crippen MR) is 96.2 cm³/mol. The molecule has 1 fully saturated rings. The molecule has 25 heavy (non-hydrogen) atoms. The molecule has 1 N–H and O–H groups in total. The molecule has 3 atom stereocenters. The average Bonchev–Trinajstić information content (AvgIpc) is 2.94. The van der Waals surface area contributed by atoms with Gasteiger partial charge in [0.1, 0.15) is 5.78 Å². The normalized spacial score (nSPS) is 21.3. The number of hydrogen-bond donors (Lipinski definition) is 1. The van der Waals surface area contributed by atoms with Crippen molar-refractivity contribution < 1.29 is 24.2 Å². The molecule has 0 aromatic rings. The van der Waals surface area contributed by atoms with Crippen LogP contribution in [0.15, 0.2) is 0 Å². The molecule has 0 bridgehead atoms. The lowest BCUT2D eigenvalue weighted by molar-refractivity contribution is -0.146. The van der Waals surface area contributed by atoms with Crippen LogP contribution in [0, 0.1) is 17.8 Å². The quantitative estimate of drug-likeness (QED) is 0.392. The molecule has 1 aliphatic rings. The molecule has 1 rings (SSSR count). The van der Waals surface area contributed by atoms with Crippen LogP contribution in [0.2, 0.25) is 0 Å². The van der Waals surface area contributed by atoms with Crippen molar-refractivity contribution in [2.24, 2.45) is 17.8 Å². The number of esters is 1.